The molecule has 0 bridgehead atoms. The number of hydrogen-bond donors (Lipinski definition) is 3. The van der Waals surface area contributed by atoms with Gasteiger partial charge in [0.1, 0.15) is 5.82 Å². The van der Waals surface area contributed by atoms with Crippen LogP contribution in [0.25, 0.3) is 11.1 Å². The topological polar surface area (TPSA) is 93.5 Å². The van der Waals surface area contributed by atoms with Gasteiger partial charge in [0.05, 0.1) is 41.9 Å². The van der Waals surface area contributed by atoms with Crippen LogP contribution in [0.15, 0.2) is 42.5 Å². The summed E-state index contributed by atoms with van der Waals surface area (Å²) in [5.74, 6) is -1.08. The second-order valence-electron chi connectivity index (χ2n) is 9.23. The molecule has 0 saturated heterocycles. The molecule has 196 valence electrons. The van der Waals surface area contributed by atoms with Gasteiger partial charge in [-0.15, -0.1) is 0 Å². The number of hydrogen-bond acceptors (Lipinski definition) is 5. The molecule has 1 heterocycles. The molecule has 2 aromatic carbocycles. The molecule has 1 amide bonds. The first-order valence-electron chi connectivity index (χ1n) is 12.6. The Morgan fingerprint density at radius 3 is 2.65 bits per heavy atom. The number of rotatable bonds is 12. The van der Waals surface area contributed by atoms with Gasteiger partial charge in [0.15, 0.2) is 0 Å². The van der Waals surface area contributed by atoms with Gasteiger partial charge in [-0.1, -0.05) is 50.1 Å². The molecule has 1 atom stereocenters. The first-order valence-corrected chi connectivity index (χ1v) is 13.1. The van der Waals surface area contributed by atoms with E-state index in [1.807, 2.05) is 13.8 Å². The van der Waals surface area contributed by atoms with E-state index in [2.05, 4.69) is 22.9 Å². The highest BCUT2D eigenvalue weighted by Gasteiger charge is 2.28. The van der Waals surface area contributed by atoms with E-state index in [-0.39, 0.29) is 29.8 Å². The molecule has 37 heavy (non-hydrogen) atoms. The number of thiol groups is 1. The van der Waals surface area contributed by atoms with Gasteiger partial charge in [0, 0.05) is 5.56 Å². The fourth-order valence-electron chi connectivity index (χ4n) is 4.39. The van der Waals surface area contributed by atoms with Crippen molar-refractivity contribution in [2.45, 2.75) is 57.9 Å². The lowest BCUT2D eigenvalue weighted by Gasteiger charge is -2.16. The van der Waals surface area contributed by atoms with E-state index >= 15 is 4.39 Å². The van der Waals surface area contributed by atoms with Crippen LogP contribution < -0.4 is 10.1 Å². The third-order valence-electron chi connectivity index (χ3n) is 6.57. The maximum atomic E-state index is 15.3. The molecule has 9 heteroatoms. The molecule has 1 aliphatic carbocycles. The monoisotopic (exact) mass is 525 g/mol. The van der Waals surface area contributed by atoms with Gasteiger partial charge >= 0.3 is 5.97 Å². The molecule has 4 rings (SSSR count). The number of carboxylic acids is 1. The Balaban J connectivity index is 1.60. The summed E-state index contributed by atoms with van der Waals surface area (Å²) in [5.41, 5.74) is 2.96. The zero-order chi connectivity index (χ0) is 26.5. The van der Waals surface area contributed by atoms with Crippen LogP contribution in [0.3, 0.4) is 0 Å². The lowest BCUT2D eigenvalue weighted by atomic mass is 9.98. The third-order valence-corrected chi connectivity index (χ3v) is 7.01. The number of nitrogens with one attached hydrogen (secondary N) is 1. The van der Waals surface area contributed by atoms with Crippen molar-refractivity contribution in [1.29, 1.82) is 0 Å². The van der Waals surface area contributed by atoms with E-state index in [1.165, 1.54) is 12.1 Å². The van der Waals surface area contributed by atoms with Crippen molar-refractivity contribution < 1.29 is 23.8 Å². The van der Waals surface area contributed by atoms with Crippen LogP contribution in [0.2, 0.25) is 0 Å². The Labute approximate surface area is 221 Å². The first-order chi connectivity index (χ1) is 17.8. The Morgan fingerprint density at radius 2 is 2.00 bits per heavy atom. The van der Waals surface area contributed by atoms with Gasteiger partial charge in [-0.2, -0.15) is 17.6 Å². The van der Waals surface area contributed by atoms with Crippen LogP contribution in [0.5, 0.6) is 6.01 Å². The highest BCUT2D eigenvalue weighted by atomic mass is 32.1. The summed E-state index contributed by atoms with van der Waals surface area (Å²) in [7, 11) is 0. The minimum atomic E-state index is -1.07. The summed E-state index contributed by atoms with van der Waals surface area (Å²) in [5, 5.41) is 12.1. The Bertz CT molecular complexity index is 1290. The van der Waals surface area contributed by atoms with Gasteiger partial charge in [0.2, 0.25) is 5.91 Å². The van der Waals surface area contributed by atoms with E-state index in [4.69, 9.17) is 4.74 Å². The quantitative estimate of drug-likeness (QED) is 0.286. The molecular weight excluding hydrogens is 493 g/mol. The summed E-state index contributed by atoms with van der Waals surface area (Å²) < 4.78 is 22.9. The highest BCUT2D eigenvalue weighted by molar-refractivity contribution is 7.81. The lowest BCUT2D eigenvalue weighted by Crippen LogP contribution is -2.32. The van der Waals surface area contributed by atoms with Gasteiger partial charge < -0.3 is 15.2 Å². The Morgan fingerprint density at radius 1 is 1.24 bits per heavy atom. The van der Waals surface area contributed by atoms with Crippen molar-refractivity contribution in [3.05, 3.63) is 70.8 Å². The standard InChI is InChI=1S/C28H32FN3O4S/c1-3-23-24(15-30-26(33)25(37)13-17-9-10-17)32(28(31-23)36-4-2)16-19-12-11-18(14-22(19)29)20-7-5-6-8-21(20)27(34)35/h5-8,11-12,14,17,25,37H,3-4,9-10,13,15-16H2,1-2H3,(H,30,33)(H,34,35). The predicted octanol–water partition coefficient (Wildman–Crippen LogP) is 5.11. The van der Waals surface area contributed by atoms with Crippen LogP contribution >= 0.6 is 12.6 Å². The Kier molecular flexibility index (Phi) is 8.53. The number of carbonyl (C=O) groups is 2. The second-order valence-corrected chi connectivity index (χ2v) is 9.85. The van der Waals surface area contributed by atoms with E-state index in [1.54, 1.807) is 34.9 Å². The molecule has 1 aromatic heterocycles. The average molecular weight is 526 g/mol. The summed E-state index contributed by atoms with van der Waals surface area (Å²) in [6.07, 6.45) is 3.70. The van der Waals surface area contributed by atoms with Crippen LogP contribution in [0, 0.1) is 11.7 Å². The number of ether oxygens (including phenoxy) is 1. The number of aryl methyl sites for hydroxylation is 1. The fourth-order valence-corrected chi connectivity index (χ4v) is 4.78. The molecule has 1 unspecified atom stereocenters. The highest BCUT2D eigenvalue weighted by Crippen LogP contribution is 2.35. The van der Waals surface area contributed by atoms with Crippen molar-refractivity contribution in [2.24, 2.45) is 5.92 Å². The van der Waals surface area contributed by atoms with Crippen LogP contribution in [-0.4, -0.2) is 38.4 Å². The van der Waals surface area contributed by atoms with E-state index in [9.17, 15) is 14.7 Å². The molecular formula is C28H32FN3O4S. The molecule has 0 spiro atoms. The van der Waals surface area contributed by atoms with Gasteiger partial charge in [-0.3, -0.25) is 9.36 Å². The molecule has 1 fully saturated rings. The first kappa shape index (κ1) is 26.7. The number of amides is 1. The summed E-state index contributed by atoms with van der Waals surface area (Å²) in [6.45, 7) is 4.59. The molecule has 2 N–H and O–H groups in total. The van der Waals surface area contributed by atoms with Crippen molar-refractivity contribution in [1.82, 2.24) is 14.9 Å². The number of aromatic carboxylic acids is 1. The third kappa shape index (κ3) is 6.33. The average Bonchev–Trinajstić information content (AvgIpc) is 3.65. The van der Waals surface area contributed by atoms with Crippen molar-refractivity contribution >= 4 is 24.5 Å². The molecule has 3 aromatic rings. The van der Waals surface area contributed by atoms with E-state index in [0.29, 0.717) is 41.6 Å². The predicted molar refractivity (Wildman–Crippen MR) is 143 cm³/mol. The number of halogens is 1. The zero-order valence-electron chi connectivity index (χ0n) is 21.0. The molecule has 0 aliphatic heterocycles. The maximum Gasteiger partial charge on any atom is 0.336 e. The van der Waals surface area contributed by atoms with E-state index in [0.717, 1.165) is 30.7 Å². The number of aromatic nitrogens is 2. The van der Waals surface area contributed by atoms with Gasteiger partial charge in [0.25, 0.3) is 6.01 Å². The number of carbonyl (C=O) groups excluding carboxylic acids is 1. The lowest BCUT2D eigenvalue weighted by molar-refractivity contribution is -0.120. The molecule has 1 saturated carbocycles. The minimum Gasteiger partial charge on any atom is -0.478 e. The minimum absolute atomic E-state index is 0.109. The number of nitrogens with zero attached hydrogens (tertiary/aromatic N) is 2. The van der Waals surface area contributed by atoms with E-state index < -0.39 is 11.8 Å². The van der Waals surface area contributed by atoms with Crippen molar-refractivity contribution in [3.8, 4) is 17.1 Å². The number of benzene rings is 2. The molecule has 1 aliphatic rings. The molecule has 0 radical (unpaired) electrons. The van der Waals surface area contributed by atoms with Crippen LogP contribution in [0.4, 0.5) is 4.39 Å². The van der Waals surface area contributed by atoms with Gasteiger partial charge in [-0.05, 0) is 48.9 Å². The summed E-state index contributed by atoms with van der Waals surface area (Å²) in [6, 6.07) is 11.6. The largest absolute Gasteiger partial charge is 0.478 e. The summed E-state index contributed by atoms with van der Waals surface area (Å²) in [4.78, 5) is 28.8. The Hall–Kier alpha value is -3.33. The maximum absolute atomic E-state index is 15.3. The molecule has 7 nitrogen and oxygen atoms in total. The van der Waals surface area contributed by atoms with Gasteiger partial charge in [-0.25, -0.2) is 9.18 Å². The number of imidazole rings is 1. The SMILES string of the molecule is CCOc1nc(CC)c(CNC(=O)C(S)CC2CC2)n1Cc1ccc(-c2ccccc2C(=O)O)cc1F. The fraction of sp³-hybridized carbons (Fsp3) is 0.393. The zero-order valence-corrected chi connectivity index (χ0v) is 21.9. The summed E-state index contributed by atoms with van der Waals surface area (Å²) >= 11 is 4.47. The normalized spacial score (nSPS) is 13.8. The smallest absolute Gasteiger partial charge is 0.336 e. The number of carboxylic acid groups (broad SMARTS) is 1. The van der Waals surface area contributed by atoms with Crippen molar-refractivity contribution in [3.63, 3.8) is 0 Å². The second kappa shape index (κ2) is 11.8. The van der Waals surface area contributed by atoms with Crippen LogP contribution in [0.1, 0.15) is 60.4 Å². The van der Waals surface area contributed by atoms with Crippen molar-refractivity contribution in [2.75, 3.05) is 6.61 Å². The van der Waals surface area contributed by atoms with Crippen LogP contribution in [-0.2, 0) is 24.3 Å².